The number of aromatic nitrogens is 2. The minimum absolute atomic E-state index is 0.213. The quantitative estimate of drug-likeness (QED) is 0.833. The zero-order valence-electron chi connectivity index (χ0n) is 7.71. The first kappa shape index (κ1) is 10.7. The molecule has 0 aromatic carbocycles. The highest BCUT2D eigenvalue weighted by Crippen LogP contribution is 2.27. The van der Waals surface area contributed by atoms with Crippen LogP contribution in [0, 0.1) is 6.92 Å². The molecule has 0 fully saturated rings. The molecule has 7 heteroatoms. The second kappa shape index (κ2) is 3.62. The first-order chi connectivity index (χ1) is 7.00. The molecule has 0 spiro atoms. The number of imidazole rings is 1. The van der Waals surface area contributed by atoms with Gasteiger partial charge in [-0.2, -0.15) is 8.42 Å². The largest absolute Gasteiger partial charge is 0.278 e. The summed E-state index contributed by atoms with van der Waals surface area (Å²) in [5.41, 5.74) is 0.654. The molecule has 0 atom stereocenters. The summed E-state index contributed by atoms with van der Waals surface area (Å²) in [6.07, 6.45) is 2.74. The molecule has 0 radical (unpaired) electrons. The molecule has 0 aliphatic heterocycles. The summed E-state index contributed by atoms with van der Waals surface area (Å²) in [5.74, 6) is 0. The average molecular weight is 263 g/mol. The monoisotopic (exact) mass is 262 g/mol. The smallest absolute Gasteiger partial charge is 0.241 e. The van der Waals surface area contributed by atoms with Crippen molar-refractivity contribution in [1.82, 2.24) is 8.96 Å². The molecule has 0 aliphatic rings. The van der Waals surface area contributed by atoms with Crippen molar-refractivity contribution in [3.8, 4) is 0 Å². The maximum absolute atomic E-state index is 11.9. The van der Waals surface area contributed by atoms with E-state index in [1.807, 2.05) is 0 Å². The van der Waals surface area contributed by atoms with Crippen molar-refractivity contribution in [2.24, 2.45) is 0 Å². The predicted molar refractivity (Wildman–Crippen MR) is 58.9 cm³/mol. The topological polar surface area (TPSA) is 52.0 Å². The Morgan fingerprint density at radius 3 is 2.67 bits per heavy atom. The summed E-state index contributed by atoms with van der Waals surface area (Å²) in [5, 5.41) is 0. The van der Waals surface area contributed by atoms with Crippen LogP contribution in [-0.4, -0.2) is 17.4 Å². The maximum atomic E-state index is 11.9. The summed E-state index contributed by atoms with van der Waals surface area (Å²) < 4.78 is 25.6. The van der Waals surface area contributed by atoms with Crippen LogP contribution in [0.1, 0.15) is 5.69 Å². The summed E-state index contributed by atoms with van der Waals surface area (Å²) in [4.78, 5) is 3.87. The average Bonchev–Trinajstić information content (AvgIpc) is 2.74. The van der Waals surface area contributed by atoms with Crippen LogP contribution < -0.4 is 0 Å². The lowest BCUT2D eigenvalue weighted by atomic mass is 10.6. The van der Waals surface area contributed by atoms with E-state index in [4.69, 9.17) is 11.6 Å². The second-order valence-corrected chi connectivity index (χ2v) is 6.69. The lowest BCUT2D eigenvalue weighted by molar-refractivity contribution is 0.589. The molecule has 4 nitrogen and oxygen atoms in total. The van der Waals surface area contributed by atoms with Gasteiger partial charge in [0.2, 0.25) is 0 Å². The molecule has 0 unspecified atom stereocenters. The van der Waals surface area contributed by atoms with Crippen molar-refractivity contribution < 1.29 is 8.42 Å². The SMILES string of the molecule is Cc1cn(S(=O)(=O)c2ccc(Cl)s2)cn1. The van der Waals surface area contributed by atoms with E-state index in [1.54, 1.807) is 13.0 Å². The van der Waals surface area contributed by atoms with Gasteiger partial charge in [0.25, 0.3) is 10.0 Å². The van der Waals surface area contributed by atoms with Crippen molar-refractivity contribution >= 4 is 33.0 Å². The normalized spacial score (nSPS) is 11.9. The fourth-order valence-corrected chi connectivity index (χ4v) is 3.84. The third-order valence-electron chi connectivity index (χ3n) is 1.77. The number of thiophene rings is 1. The summed E-state index contributed by atoms with van der Waals surface area (Å²) >= 11 is 6.72. The molecule has 2 aromatic rings. The van der Waals surface area contributed by atoms with E-state index in [1.165, 1.54) is 18.6 Å². The molecule has 2 rings (SSSR count). The number of hydrogen-bond acceptors (Lipinski definition) is 4. The van der Waals surface area contributed by atoms with E-state index in [-0.39, 0.29) is 4.21 Å². The third-order valence-corrected chi connectivity index (χ3v) is 5.08. The predicted octanol–water partition coefficient (Wildman–Crippen LogP) is 2.14. The Kier molecular flexibility index (Phi) is 2.57. The maximum Gasteiger partial charge on any atom is 0.278 e. The van der Waals surface area contributed by atoms with Gasteiger partial charge in [-0.1, -0.05) is 11.6 Å². The summed E-state index contributed by atoms with van der Waals surface area (Å²) in [6.45, 7) is 1.73. The van der Waals surface area contributed by atoms with Gasteiger partial charge in [-0.3, -0.25) is 0 Å². The van der Waals surface area contributed by atoms with Crippen LogP contribution >= 0.6 is 22.9 Å². The standard InChI is InChI=1S/C8H7ClN2O2S2/c1-6-4-11(5-10-6)15(12,13)8-3-2-7(9)14-8/h2-5H,1H3. The van der Waals surface area contributed by atoms with E-state index in [0.717, 1.165) is 15.3 Å². The minimum Gasteiger partial charge on any atom is -0.241 e. The zero-order valence-corrected chi connectivity index (χ0v) is 10.1. The van der Waals surface area contributed by atoms with Crippen molar-refractivity contribution in [1.29, 1.82) is 0 Å². The summed E-state index contributed by atoms with van der Waals surface area (Å²) in [6, 6.07) is 3.04. The fourth-order valence-electron chi connectivity index (χ4n) is 1.07. The Balaban J connectivity index is 2.53. The second-order valence-electron chi connectivity index (χ2n) is 2.91. The lowest BCUT2D eigenvalue weighted by Crippen LogP contribution is -2.08. The highest BCUT2D eigenvalue weighted by Gasteiger charge is 2.18. The van der Waals surface area contributed by atoms with E-state index >= 15 is 0 Å². The number of rotatable bonds is 2. The van der Waals surface area contributed by atoms with E-state index in [9.17, 15) is 8.42 Å². The summed E-state index contributed by atoms with van der Waals surface area (Å²) in [7, 11) is -3.51. The molecule has 0 bridgehead atoms. The van der Waals surface area contributed by atoms with Crippen LogP contribution in [0.5, 0.6) is 0 Å². The Hall–Kier alpha value is -0.850. The minimum atomic E-state index is -3.51. The molecule has 2 aromatic heterocycles. The molecule has 2 heterocycles. The molecule has 80 valence electrons. The van der Waals surface area contributed by atoms with Crippen LogP contribution in [0.4, 0.5) is 0 Å². The van der Waals surface area contributed by atoms with Gasteiger partial charge >= 0.3 is 0 Å². The Morgan fingerprint density at radius 2 is 2.20 bits per heavy atom. The number of aryl methyl sites for hydroxylation is 1. The van der Waals surface area contributed by atoms with Gasteiger partial charge in [-0.05, 0) is 19.1 Å². The van der Waals surface area contributed by atoms with E-state index < -0.39 is 10.0 Å². The first-order valence-corrected chi connectivity index (χ1v) is 6.65. The lowest BCUT2D eigenvalue weighted by Gasteiger charge is -2.00. The van der Waals surface area contributed by atoms with Crippen LogP contribution in [0.3, 0.4) is 0 Å². The molecule has 0 aliphatic carbocycles. The Bertz CT molecular complexity index is 539. The molecule has 0 saturated heterocycles. The van der Waals surface area contributed by atoms with Gasteiger partial charge in [-0.15, -0.1) is 11.3 Å². The van der Waals surface area contributed by atoms with Crippen LogP contribution in [0.15, 0.2) is 28.9 Å². The molecule has 15 heavy (non-hydrogen) atoms. The molecule has 0 N–H and O–H groups in total. The van der Waals surface area contributed by atoms with Crippen molar-refractivity contribution in [2.45, 2.75) is 11.1 Å². The van der Waals surface area contributed by atoms with Crippen molar-refractivity contribution in [3.05, 3.63) is 34.7 Å². The highest BCUT2D eigenvalue weighted by molar-refractivity contribution is 7.92. The Morgan fingerprint density at radius 1 is 1.47 bits per heavy atom. The molecule has 0 amide bonds. The number of nitrogens with zero attached hydrogens (tertiary/aromatic N) is 2. The third kappa shape index (κ3) is 1.92. The Labute approximate surface area is 96.2 Å². The van der Waals surface area contributed by atoms with Crippen LogP contribution in [0.2, 0.25) is 4.34 Å². The molecular weight excluding hydrogens is 256 g/mol. The number of halogens is 1. The highest BCUT2D eigenvalue weighted by atomic mass is 35.5. The molecular formula is C8H7ClN2O2S2. The van der Waals surface area contributed by atoms with E-state index in [0.29, 0.717) is 10.0 Å². The van der Waals surface area contributed by atoms with E-state index in [2.05, 4.69) is 4.98 Å². The van der Waals surface area contributed by atoms with Crippen molar-refractivity contribution in [3.63, 3.8) is 0 Å². The van der Waals surface area contributed by atoms with Crippen LogP contribution in [0.25, 0.3) is 0 Å². The van der Waals surface area contributed by atoms with Gasteiger partial charge < -0.3 is 0 Å². The van der Waals surface area contributed by atoms with Crippen LogP contribution in [-0.2, 0) is 10.0 Å². The van der Waals surface area contributed by atoms with Gasteiger partial charge in [0.1, 0.15) is 10.5 Å². The van der Waals surface area contributed by atoms with Gasteiger partial charge in [0.05, 0.1) is 10.0 Å². The van der Waals surface area contributed by atoms with Gasteiger partial charge in [0, 0.05) is 6.20 Å². The zero-order chi connectivity index (χ0) is 11.1. The van der Waals surface area contributed by atoms with Gasteiger partial charge in [-0.25, -0.2) is 8.96 Å². The number of hydrogen-bond donors (Lipinski definition) is 0. The van der Waals surface area contributed by atoms with Gasteiger partial charge in [0.15, 0.2) is 0 Å². The molecule has 0 saturated carbocycles. The van der Waals surface area contributed by atoms with Crippen molar-refractivity contribution in [2.75, 3.05) is 0 Å². The fraction of sp³-hybridized carbons (Fsp3) is 0.125. The first-order valence-electron chi connectivity index (χ1n) is 4.01.